The molecule has 0 aliphatic heterocycles. The van der Waals surface area contributed by atoms with E-state index in [2.05, 4.69) is 25.1 Å². The van der Waals surface area contributed by atoms with E-state index >= 15 is 0 Å². The van der Waals surface area contributed by atoms with Crippen LogP contribution in [-0.4, -0.2) is 17.9 Å². The Morgan fingerprint density at radius 1 is 1.37 bits per heavy atom. The Labute approximate surface area is 115 Å². The normalized spacial score (nSPS) is 12.1. The molecule has 0 saturated carbocycles. The van der Waals surface area contributed by atoms with Crippen molar-refractivity contribution in [3.8, 4) is 0 Å². The third-order valence-electron chi connectivity index (χ3n) is 2.72. The summed E-state index contributed by atoms with van der Waals surface area (Å²) in [6.45, 7) is 7.07. The molecule has 0 amide bonds. The fourth-order valence-corrected chi connectivity index (χ4v) is 1.53. The second-order valence-corrected chi connectivity index (χ2v) is 4.92. The Hall–Kier alpha value is -1.38. The zero-order valence-corrected chi connectivity index (χ0v) is 11.9. The van der Waals surface area contributed by atoms with Crippen LogP contribution >= 0.6 is 0 Å². The molecule has 0 spiro atoms. The van der Waals surface area contributed by atoms with Gasteiger partial charge in [-0.1, -0.05) is 44.2 Å². The molecule has 0 saturated heterocycles. The van der Waals surface area contributed by atoms with Gasteiger partial charge in [-0.25, -0.2) is 0 Å². The molecule has 0 radical (unpaired) electrons. The first-order valence-electron chi connectivity index (χ1n) is 6.58. The Balaban J connectivity index is 2.47. The molecule has 3 heteroatoms. The summed E-state index contributed by atoms with van der Waals surface area (Å²) in [5.41, 5.74) is 7.50. The van der Waals surface area contributed by atoms with Gasteiger partial charge in [0.05, 0.1) is 19.3 Å². The lowest BCUT2D eigenvalue weighted by atomic mass is 10.1. The van der Waals surface area contributed by atoms with Crippen LogP contribution in [0.25, 0.3) is 0 Å². The topological polar surface area (TPSA) is 41.5 Å². The number of nitrogens with one attached hydrogen (secondary N) is 1. The van der Waals surface area contributed by atoms with Crippen molar-refractivity contribution in [2.75, 3.05) is 6.61 Å². The van der Waals surface area contributed by atoms with E-state index in [4.69, 9.17) is 9.94 Å². The van der Waals surface area contributed by atoms with E-state index in [0.717, 1.165) is 11.1 Å². The maximum atomic E-state index is 9.15. The highest BCUT2D eigenvalue weighted by Crippen LogP contribution is 2.05. The quantitative estimate of drug-likeness (QED) is 0.584. The van der Waals surface area contributed by atoms with Gasteiger partial charge in [-0.05, 0) is 30.1 Å². The van der Waals surface area contributed by atoms with Gasteiger partial charge in [0.2, 0.25) is 0 Å². The monoisotopic (exact) mass is 261 g/mol. The first kappa shape index (κ1) is 15.7. The number of ether oxygens (including phenoxy) is 1. The molecule has 0 bridgehead atoms. The Kier molecular flexibility index (Phi) is 7.16. The second kappa shape index (κ2) is 8.68. The first-order valence-corrected chi connectivity index (χ1v) is 6.58. The van der Waals surface area contributed by atoms with Gasteiger partial charge in [0, 0.05) is 0 Å². The number of rotatable bonds is 7. The SMILES string of the molecule is CC(=C=CC(C)C)C(COCc1ccccc1)NO. The summed E-state index contributed by atoms with van der Waals surface area (Å²) in [5.74, 6) is 0.444. The van der Waals surface area contributed by atoms with Crippen LogP contribution in [0, 0.1) is 5.92 Å². The molecule has 1 aromatic rings. The highest BCUT2D eigenvalue weighted by atomic mass is 16.5. The predicted molar refractivity (Wildman–Crippen MR) is 76.9 cm³/mol. The van der Waals surface area contributed by atoms with Crippen molar-refractivity contribution in [1.29, 1.82) is 0 Å². The van der Waals surface area contributed by atoms with Gasteiger partial charge < -0.3 is 9.94 Å². The summed E-state index contributed by atoms with van der Waals surface area (Å²) in [4.78, 5) is 0. The lowest BCUT2D eigenvalue weighted by Gasteiger charge is -2.14. The van der Waals surface area contributed by atoms with Crippen LogP contribution in [0.15, 0.2) is 47.7 Å². The molecule has 0 fully saturated rings. The molecule has 2 N–H and O–H groups in total. The summed E-state index contributed by atoms with van der Waals surface area (Å²) in [5, 5.41) is 9.15. The van der Waals surface area contributed by atoms with Crippen LogP contribution in [0.4, 0.5) is 0 Å². The van der Waals surface area contributed by atoms with Gasteiger partial charge in [0.15, 0.2) is 0 Å². The number of hydrogen-bond acceptors (Lipinski definition) is 3. The van der Waals surface area contributed by atoms with Gasteiger partial charge in [0.25, 0.3) is 0 Å². The summed E-state index contributed by atoms with van der Waals surface area (Å²) >= 11 is 0. The van der Waals surface area contributed by atoms with Crippen molar-refractivity contribution in [3.63, 3.8) is 0 Å². The van der Waals surface area contributed by atoms with Crippen LogP contribution < -0.4 is 5.48 Å². The van der Waals surface area contributed by atoms with E-state index in [-0.39, 0.29) is 6.04 Å². The third kappa shape index (κ3) is 6.37. The minimum atomic E-state index is -0.223. The number of hydrogen-bond donors (Lipinski definition) is 2. The van der Waals surface area contributed by atoms with Crippen LogP contribution in [0.2, 0.25) is 0 Å². The number of benzene rings is 1. The lowest BCUT2D eigenvalue weighted by Crippen LogP contribution is -2.31. The maximum Gasteiger partial charge on any atom is 0.0833 e. The molecule has 3 nitrogen and oxygen atoms in total. The average molecular weight is 261 g/mol. The lowest BCUT2D eigenvalue weighted by molar-refractivity contribution is 0.0547. The molecular formula is C16H23NO2. The fraction of sp³-hybridized carbons (Fsp3) is 0.438. The summed E-state index contributed by atoms with van der Waals surface area (Å²) in [6, 6.07) is 9.75. The van der Waals surface area contributed by atoms with Crippen molar-refractivity contribution in [1.82, 2.24) is 5.48 Å². The van der Waals surface area contributed by atoms with E-state index in [1.165, 1.54) is 0 Å². The Morgan fingerprint density at radius 2 is 2.05 bits per heavy atom. The largest absolute Gasteiger partial charge is 0.375 e. The zero-order chi connectivity index (χ0) is 14.1. The van der Waals surface area contributed by atoms with Crippen LogP contribution in [-0.2, 0) is 11.3 Å². The first-order chi connectivity index (χ1) is 9.13. The van der Waals surface area contributed by atoms with Crippen LogP contribution in [0.5, 0.6) is 0 Å². The van der Waals surface area contributed by atoms with E-state index in [0.29, 0.717) is 19.1 Å². The van der Waals surface area contributed by atoms with Crippen molar-refractivity contribution in [3.05, 3.63) is 53.3 Å². The van der Waals surface area contributed by atoms with Gasteiger partial charge in [0.1, 0.15) is 0 Å². The van der Waals surface area contributed by atoms with E-state index in [1.807, 2.05) is 43.3 Å². The van der Waals surface area contributed by atoms with Gasteiger partial charge >= 0.3 is 0 Å². The van der Waals surface area contributed by atoms with Crippen LogP contribution in [0.1, 0.15) is 26.3 Å². The van der Waals surface area contributed by atoms with Crippen molar-refractivity contribution in [2.24, 2.45) is 5.92 Å². The maximum absolute atomic E-state index is 9.15. The summed E-state index contributed by atoms with van der Waals surface area (Å²) < 4.78 is 5.60. The Morgan fingerprint density at radius 3 is 2.63 bits per heavy atom. The van der Waals surface area contributed by atoms with E-state index in [9.17, 15) is 0 Å². The van der Waals surface area contributed by atoms with Crippen molar-refractivity contribution in [2.45, 2.75) is 33.4 Å². The van der Waals surface area contributed by atoms with Crippen LogP contribution in [0.3, 0.4) is 0 Å². The molecule has 1 atom stereocenters. The molecule has 1 unspecified atom stereocenters. The average Bonchev–Trinajstić information content (AvgIpc) is 2.42. The summed E-state index contributed by atoms with van der Waals surface area (Å²) in [7, 11) is 0. The standard InChI is InChI=1S/C16H23NO2/c1-13(2)9-10-14(3)16(17-18)12-19-11-15-7-5-4-6-8-15/h4-9,13,16-18H,11-12H2,1-3H3. The molecule has 0 aliphatic carbocycles. The molecule has 0 aromatic heterocycles. The zero-order valence-electron chi connectivity index (χ0n) is 11.9. The van der Waals surface area contributed by atoms with Gasteiger partial charge in [-0.2, -0.15) is 5.48 Å². The highest BCUT2D eigenvalue weighted by Gasteiger charge is 2.09. The minimum Gasteiger partial charge on any atom is -0.375 e. The number of hydroxylamine groups is 1. The van der Waals surface area contributed by atoms with Crippen molar-refractivity contribution >= 4 is 0 Å². The second-order valence-electron chi connectivity index (χ2n) is 4.92. The fourth-order valence-electron chi connectivity index (χ4n) is 1.53. The molecule has 1 rings (SSSR count). The smallest absolute Gasteiger partial charge is 0.0833 e. The van der Waals surface area contributed by atoms with E-state index in [1.54, 1.807) is 0 Å². The molecule has 0 aliphatic rings. The van der Waals surface area contributed by atoms with Crippen molar-refractivity contribution < 1.29 is 9.94 Å². The van der Waals surface area contributed by atoms with E-state index < -0.39 is 0 Å². The van der Waals surface area contributed by atoms with Gasteiger partial charge in [-0.3, -0.25) is 0 Å². The molecule has 104 valence electrons. The Bertz CT molecular complexity index is 420. The molecule has 0 heterocycles. The molecule has 19 heavy (non-hydrogen) atoms. The highest BCUT2D eigenvalue weighted by molar-refractivity contribution is 5.13. The molecular weight excluding hydrogens is 238 g/mol. The summed E-state index contributed by atoms with van der Waals surface area (Å²) in [6.07, 6.45) is 1.98. The third-order valence-corrected chi connectivity index (χ3v) is 2.72. The minimum absolute atomic E-state index is 0.223. The molecule has 1 aromatic carbocycles. The predicted octanol–water partition coefficient (Wildman–Crippen LogP) is 3.31. The van der Waals surface area contributed by atoms with Gasteiger partial charge in [-0.15, -0.1) is 5.73 Å².